The summed E-state index contributed by atoms with van der Waals surface area (Å²) < 4.78 is 43.4. The SMILES string of the molecule is Cc1ccc(-c2cc(-c3cc4ccccc4c4ccccc34)c3cc4cc(-c5ccc(OC(F)(F)F)cc5)ccc4c(-c4cc5ccccc5c5ccccc45)c3c2)cc1. The molecule has 0 bridgehead atoms. The molecule has 0 N–H and O–H groups in total. The summed E-state index contributed by atoms with van der Waals surface area (Å²) in [6, 6.07) is 67.4. The van der Waals surface area contributed by atoms with Crippen molar-refractivity contribution in [3.05, 3.63) is 200 Å². The summed E-state index contributed by atoms with van der Waals surface area (Å²) in [7, 11) is 0. The standard InChI is InChI=1S/C56H35F3O/c1-34-18-20-36(21-19-34)40-31-51(50-29-38-10-2-4-12-43(38)46-14-6-8-16-48(46)50)52-33-41-28-37(35-22-25-42(26-23-35)60-56(57,58)59)24-27-45(41)55(54(52)32-40)53-30-39-11-3-5-13-44(39)47-15-7-9-17-49(47)53/h2-33H,1H3. The zero-order valence-corrected chi connectivity index (χ0v) is 32.5. The van der Waals surface area contributed by atoms with E-state index in [1.807, 2.05) is 0 Å². The Bertz CT molecular complexity index is 3490. The lowest BCUT2D eigenvalue weighted by molar-refractivity contribution is -0.274. The zero-order chi connectivity index (χ0) is 40.5. The molecule has 0 saturated carbocycles. The third kappa shape index (κ3) is 6.11. The molecule has 0 aliphatic carbocycles. The Balaban J connectivity index is 1.29. The molecule has 0 radical (unpaired) electrons. The van der Waals surface area contributed by atoms with E-state index in [1.165, 1.54) is 50.0 Å². The van der Waals surface area contributed by atoms with Crippen LogP contribution >= 0.6 is 0 Å². The van der Waals surface area contributed by atoms with Crippen molar-refractivity contribution >= 4 is 64.6 Å². The van der Waals surface area contributed by atoms with E-state index in [1.54, 1.807) is 12.1 Å². The van der Waals surface area contributed by atoms with E-state index >= 15 is 0 Å². The lowest BCUT2D eigenvalue weighted by Gasteiger charge is -2.21. The maximum atomic E-state index is 13.1. The minimum atomic E-state index is -4.76. The van der Waals surface area contributed by atoms with Crippen LogP contribution in [0.15, 0.2) is 194 Å². The van der Waals surface area contributed by atoms with E-state index < -0.39 is 6.36 Å². The highest BCUT2D eigenvalue weighted by atomic mass is 19.4. The van der Waals surface area contributed by atoms with Crippen molar-refractivity contribution in [2.24, 2.45) is 0 Å². The molecule has 0 heterocycles. The van der Waals surface area contributed by atoms with Crippen molar-refractivity contribution in [1.82, 2.24) is 0 Å². The van der Waals surface area contributed by atoms with Gasteiger partial charge in [0.25, 0.3) is 0 Å². The number of fused-ring (bicyclic) bond motifs is 8. The number of benzene rings is 11. The molecule has 0 aromatic heterocycles. The normalized spacial score (nSPS) is 12.0. The number of rotatable bonds is 5. The largest absolute Gasteiger partial charge is 0.573 e. The molecule has 286 valence electrons. The first-order valence-electron chi connectivity index (χ1n) is 20.1. The van der Waals surface area contributed by atoms with Crippen LogP contribution in [0.4, 0.5) is 13.2 Å². The maximum Gasteiger partial charge on any atom is 0.573 e. The fraction of sp³-hybridized carbons (Fsp3) is 0.0357. The molecule has 11 aromatic rings. The van der Waals surface area contributed by atoms with Gasteiger partial charge in [-0.2, -0.15) is 0 Å². The second kappa shape index (κ2) is 13.9. The minimum Gasteiger partial charge on any atom is -0.406 e. The molecule has 0 atom stereocenters. The fourth-order valence-electron chi connectivity index (χ4n) is 9.22. The molecule has 0 saturated heterocycles. The third-order valence-corrected chi connectivity index (χ3v) is 12.0. The summed E-state index contributed by atoms with van der Waals surface area (Å²) in [5, 5.41) is 13.8. The number of hydrogen-bond acceptors (Lipinski definition) is 1. The van der Waals surface area contributed by atoms with Gasteiger partial charge in [-0.15, -0.1) is 13.2 Å². The van der Waals surface area contributed by atoms with Crippen LogP contribution in [-0.2, 0) is 0 Å². The van der Waals surface area contributed by atoms with E-state index in [2.05, 4.69) is 182 Å². The number of ether oxygens (including phenoxy) is 1. The molecule has 0 aliphatic heterocycles. The first-order valence-corrected chi connectivity index (χ1v) is 20.1. The summed E-state index contributed by atoms with van der Waals surface area (Å²) in [6.45, 7) is 2.12. The molecular weight excluding hydrogens is 746 g/mol. The second-order valence-electron chi connectivity index (χ2n) is 15.6. The Morgan fingerprint density at radius 1 is 0.333 bits per heavy atom. The monoisotopic (exact) mass is 780 g/mol. The lowest BCUT2D eigenvalue weighted by Crippen LogP contribution is -2.16. The van der Waals surface area contributed by atoms with Gasteiger partial charge in [-0.25, -0.2) is 0 Å². The zero-order valence-electron chi connectivity index (χ0n) is 32.5. The van der Waals surface area contributed by atoms with Gasteiger partial charge in [0.15, 0.2) is 0 Å². The van der Waals surface area contributed by atoms with E-state index in [0.29, 0.717) is 0 Å². The van der Waals surface area contributed by atoms with Gasteiger partial charge >= 0.3 is 6.36 Å². The number of alkyl halides is 3. The smallest absolute Gasteiger partial charge is 0.406 e. The van der Waals surface area contributed by atoms with Crippen LogP contribution in [0.1, 0.15) is 5.56 Å². The average molecular weight is 781 g/mol. The summed E-state index contributed by atoms with van der Waals surface area (Å²) in [6.07, 6.45) is -4.76. The van der Waals surface area contributed by atoms with Crippen LogP contribution in [0.5, 0.6) is 5.75 Å². The molecule has 4 heteroatoms. The molecular formula is C56H35F3O. The Morgan fingerprint density at radius 3 is 1.47 bits per heavy atom. The highest BCUT2D eigenvalue weighted by molar-refractivity contribution is 6.25. The van der Waals surface area contributed by atoms with Gasteiger partial charge in [0.1, 0.15) is 5.75 Å². The van der Waals surface area contributed by atoms with Crippen LogP contribution in [0, 0.1) is 6.92 Å². The number of halogens is 3. The summed E-state index contributed by atoms with van der Waals surface area (Å²) in [4.78, 5) is 0. The van der Waals surface area contributed by atoms with Gasteiger partial charge in [-0.1, -0.05) is 151 Å². The van der Waals surface area contributed by atoms with Gasteiger partial charge < -0.3 is 4.74 Å². The molecule has 11 aromatic carbocycles. The van der Waals surface area contributed by atoms with Gasteiger partial charge in [-0.3, -0.25) is 0 Å². The topological polar surface area (TPSA) is 9.23 Å². The molecule has 0 amide bonds. The van der Waals surface area contributed by atoms with Crippen molar-refractivity contribution in [2.75, 3.05) is 0 Å². The van der Waals surface area contributed by atoms with Gasteiger partial charge in [-0.05, 0) is 165 Å². The average Bonchev–Trinajstić information content (AvgIpc) is 3.27. The van der Waals surface area contributed by atoms with Gasteiger partial charge in [0.05, 0.1) is 0 Å². The van der Waals surface area contributed by atoms with E-state index in [4.69, 9.17) is 0 Å². The lowest BCUT2D eigenvalue weighted by atomic mass is 9.82. The summed E-state index contributed by atoms with van der Waals surface area (Å²) in [5.41, 5.74) is 9.68. The maximum absolute atomic E-state index is 13.1. The quantitative estimate of drug-likeness (QED) is 0.125. The Kier molecular flexibility index (Phi) is 8.25. The molecule has 0 aliphatic rings. The summed E-state index contributed by atoms with van der Waals surface area (Å²) >= 11 is 0. The molecule has 1 nitrogen and oxygen atoms in total. The van der Waals surface area contributed by atoms with Crippen LogP contribution in [0.25, 0.3) is 109 Å². The highest BCUT2D eigenvalue weighted by Gasteiger charge is 2.31. The second-order valence-corrected chi connectivity index (χ2v) is 15.6. The van der Waals surface area contributed by atoms with Crippen LogP contribution in [0.3, 0.4) is 0 Å². The van der Waals surface area contributed by atoms with Crippen LogP contribution in [0.2, 0.25) is 0 Å². The highest BCUT2D eigenvalue weighted by Crippen LogP contribution is 2.48. The van der Waals surface area contributed by atoms with Gasteiger partial charge in [0.2, 0.25) is 0 Å². The molecule has 60 heavy (non-hydrogen) atoms. The first kappa shape index (κ1) is 35.7. The van der Waals surface area contributed by atoms with Crippen molar-refractivity contribution in [3.63, 3.8) is 0 Å². The molecule has 0 unspecified atom stereocenters. The Morgan fingerprint density at radius 2 is 0.833 bits per heavy atom. The number of hydrogen-bond donors (Lipinski definition) is 0. The van der Waals surface area contributed by atoms with Crippen molar-refractivity contribution in [1.29, 1.82) is 0 Å². The first-order chi connectivity index (χ1) is 29.3. The summed E-state index contributed by atoms with van der Waals surface area (Å²) in [5.74, 6) is -0.250. The predicted molar refractivity (Wildman–Crippen MR) is 245 cm³/mol. The van der Waals surface area contributed by atoms with Crippen LogP contribution in [-0.4, -0.2) is 6.36 Å². The Hall–Kier alpha value is -7.43. The minimum absolute atomic E-state index is 0.250. The van der Waals surface area contributed by atoms with Crippen molar-refractivity contribution in [3.8, 4) is 50.3 Å². The molecule has 0 spiro atoms. The van der Waals surface area contributed by atoms with E-state index in [-0.39, 0.29) is 5.75 Å². The van der Waals surface area contributed by atoms with Crippen molar-refractivity contribution in [2.45, 2.75) is 13.3 Å². The van der Waals surface area contributed by atoms with E-state index in [0.717, 1.165) is 76.8 Å². The molecule has 11 rings (SSSR count). The molecule has 0 fully saturated rings. The van der Waals surface area contributed by atoms with Crippen molar-refractivity contribution < 1.29 is 17.9 Å². The predicted octanol–water partition coefficient (Wildman–Crippen LogP) is 16.5. The van der Waals surface area contributed by atoms with Gasteiger partial charge in [0, 0.05) is 0 Å². The van der Waals surface area contributed by atoms with Crippen LogP contribution < -0.4 is 4.74 Å². The fourth-order valence-corrected chi connectivity index (χ4v) is 9.22. The number of aryl methyl sites for hydroxylation is 1. The Labute approximate surface area is 344 Å². The van der Waals surface area contributed by atoms with E-state index in [9.17, 15) is 13.2 Å². The third-order valence-electron chi connectivity index (χ3n) is 12.0.